The Morgan fingerprint density at radius 3 is 2.45 bits per heavy atom. The molecule has 0 saturated carbocycles. The van der Waals surface area contributed by atoms with Gasteiger partial charge in [-0.15, -0.1) is 0 Å². The van der Waals surface area contributed by atoms with Crippen molar-refractivity contribution in [3.05, 3.63) is 71.8 Å². The third kappa shape index (κ3) is 3.64. The number of fused-ring (bicyclic) bond motifs is 3. The van der Waals surface area contributed by atoms with Gasteiger partial charge >= 0.3 is 7.60 Å². The number of ether oxygens (including phenoxy) is 1. The van der Waals surface area contributed by atoms with Crippen molar-refractivity contribution in [3.8, 4) is 0 Å². The summed E-state index contributed by atoms with van der Waals surface area (Å²) in [6.07, 6.45) is 8.10. The van der Waals surface area contributed by atoms with E-state index in [1.165, 1.54) is 6.07 Å². The topological polar surface area (TPSA) is 73.2 Å². The molecule has 1 saturated heterocycles. The number of allylic oxidation sites excluding steroid dienone is 2. The number of nitrogens with zero attached hydrogens (tertiary/aromatic N) is 2. The van der Waals surface area contributed by atoms with E-state index in [2.05, 4.69) is 54.0 Å². The molecule has 2 aromatic rings. The van der Waals surface area contributed by atoms with E-state index in [-0.39, 0.29) is 5.30 Å². The van der Waals surface area contributed by atoms with E-state index in [1.54, 1.807) is 12.1 Å². The van der Waals surface area contributed by atoms with Crippen LogP contribution >= 0.6 is 7.60 Å². The second-order valence-electron chi connectivity index (χ2n) is 8.77. The quantitative estimate of drug-likeness (QED) is 0.546. The molecule has 7 heteroatoms. The predicted octanol–water partition coefficient (Wildman–Crippen LogP) is 3.65. The molecular weight excluding hydrogens is 411 g/mol. The highest BCUT2D eigenvalue weighted by atomic mass is 31.2. The number of rotatable bonds is 5. The molecule has 31 heavy (non-hydrogen) atoms. The monoisotopic (exact) mass is 440 g/mol. The lowest BCUT2D eigenvalue weighted by molar-refractivity contribution is -0.000280. The van der Waals surface area contributed by atoms with Crippen molar-refractivity contribution in [2.75, 3.05) is 37.0 Å². The number of hydrogen-bond donors (Lipinski definition) is 2. The third-order valence-electron chi connectivity index (χ3n) is 6.35. The van der Waals surface area contributed by atoms with Crippen LogP contribution in [-0.2, 0) is 14.7 Å². The third-order valence-corrected chi connectivity index (χ3v) is 7.30. The molecule has 1 atom stereocenters. The van der Waals surface area contributed by atoms with Crippen molar-refractivity contribution >= 4 is 30.4 Å². The highest BCUT2D eigenvalue weighted by molar-refractivity contribution is 7.60. The summed E-state index contributed by atoms with van der Waals surface area (Å²) < 4.78 is 18.1. The molecule has 0 aliphatic carbocycles. The molecule has 0 spiro atoms. The zero-order valence-electron chi connectivity index (χ0n) is 18.3. The van der Waals surface area contributed by atoms with E-state index in [0.29, 0.717) is 6.61 Å². The molecule has 1 unspecified atom stereocenters. The first-order chi connectivity index (χ1) is 14.6. The van der Waals surface area contributed by atoms with E-state index < -0.39 is 18.7 Å². The highest BCUT2D eigenvalue weighted by Gasteiger charge is 2.59. The SMILES string of the molecule is CN(C)c1ccc(/C=C/C=C/C23OCCN2c2ccc(P(=O)(O)O)cc2C3(C)C)cc1. The summed E-state index contributed by atoms with van der Waals surface area (Å²) in [6.45, 7) is 5.46. The normalized spacial score (nSPS) is 22.3. The van der Waals surface area contributed by atoms with Crippen LogP contribution in [-0.4, -0.2) is 42.8 Å². The zero-order valence-corrected chi connectivity index (χ0v) is 19.2. The van der Waals surface area contributed by atoms with Gasteiger partial charge in [0, 0.05) is 37.4 Å². The molecule has 1 fully saturated rings. The fraction of sp³-hybridized carbons (Fsp3) is 0.333. The Hall–Kier alpha value is -2.37. The molecule has 2 heterocycles. The molecule has 2 aliphatic heterocycles. The number of hydrogen-bond acceptors (Lipinski definition) is 4. The van der Waals surface area contributed by atoms with Crippen molar-refractivity contribution in [2.24, 2.45) is 0 Å². The van der Waals surface area contributed by atoms with Gasteiger partial charge in [0.15, 0.2) is 5.72 Å². The smallest absolute Gasteiger partial charge is 0.356 e. The number of benzene rings is 2. The lowest BCUT2D eigenvalue weighted by Gasteiger charge is -2.39. The maximum Gasteiger partial charge on any atom is 0.356 e. The van der Waals surface area contributed by atoms with Crippen molar-refractivity contribution in [1.82, 2.24) is 0 Å². The summed E-state index contributed by atoms with van der Waals surface area (Å²) in [4.78, 5) is 23.5. The fourth-order valence-corrected chi connectivity index (χ4v) is 5.14. The van der Waals surface area contributed by atoms with Gasteiger partial charge in [-0.25, -0.2) is 0 Å². The van der Waals surface area contributed by atoms with Crippen molar-refractivity contribution in [3.63, 3.8) is 0 Å². The molecule has 4 rings (SSSR count). The van der Waals surface area contributed by atoms with Gasteiger partial charge in [-0.1, -0.05) is 44.2 Å². The Labute approximate surface area is 183 Å². The van der Waals surface area contributed by atoms with Gasteiger partial charge in [-0.05, 0) is 47.5 Å². The molecule has 6 nitrogen and oxygen atoms in total. The van der Waals surface area contributed by atoms with Crippen LogP contribution in [0.2, 0.25) is 0 Å². The van der Waals surface area contributed by atoms with Crippen LogP contribution in [0, 0.1) is 0 Å². The maximum atomic E-state index is 11.8. The van der Waals surface area contributed by atoms with Crippen LogP contribution in [0.4, 0.5) is 11.4 Å². The first-order valence-corrected chi connectivity index (χ1v) is 11.9. The summed E-state index contributed by atoms with van der Waals surface area (Å²) in [5, 5.41) is 0.0423. The summed E-state index contributed by atoms with van der Waals surface area (Å²) >= 11 is 0. The molecule has 2 aromatic carbocycles. The predicted molar refractivity (Wildman–Crippen MR) is 126 cm³/mol. The van der Waals surface area contributed by atoms with Crippen LogP contribution in [0.5, 0.6) is 0 Å². The lowest BCUT2D eigenvalue weighted by Crippen LogP contribution is -2.51. The second kappa shape index (κ2) is 7.64. The van der Waals surface area contributed by atoms with E-state index >= 15 is 0 Å². The van der Waals surface area contributed by atoms with Crippen LogP contribution in [0.25, 0.3) is 6.08 Å². The van der Waals surface area contributed by atoms with E-state index in [9.17, 15) is 14.4 Å². The largest absolute Gasteiger partial charge is 0.378 e. The Balaban J connectivity index is 1.63. The van der Waals surface area contributed by atoms with Crippen molar-refractivity contribution < 1.29 is 19.1 Å². The minimum absolute atomic E-state index is 0.0423. The molecule has 2 aliphatic rings. The van der Waals surface area contributed by atoms with Gasteiger partial charge in [-0.2, -0.15) is 0 Å². The van der Waals surface area contributed by atoms with E-state index in [1.807, 2.05) is 32.3 Å². The summed E-state index contributed by atoms with van der Waals surface area (Å²) in [6, 6.07) is 13.3. The summed E-state index contributed by atoms with van der Waals surface area (Å²) in [7, 11) is -0.284. The summed E-state index contributed by atoms with van der Waals surface area (Å²) in [5.74, 6) is 0. The standard InChI is InChI=1S/C24H29N2O4P/c1-23(2)21-17-20(31(27,28)29)12-13-22(21)26-15-16-30-24(23,26)14-6-5-7-18-8-10-19(11-9-18)25(3)4/h5-14,17H,15-16H2,1-4H3,(H2,27,28,29)/b7-5+,14-6+. The zero-order chi connectivity index (χ0) is 22.4. The van der Waals surface area contributed by atoms with Gasteiger partial charge in [-0.3, -0.25) is 4.57 Å². The van der Waals surface area contributed by atoms with Crippen molar-refractivity contribution in [2.45, 2.75) is 25.0 Å². The molecule has 164 valence electrons. The molecule has 0 bridgehead atoms. The van der Waals surface area contributed by atoms with Gasteiger partial charge < -0.3 is 24.3 Å². The number of anilines is 2. The minimum Gasteiger partial charge on any atom is -0.378 e. The van der Waals surface area contributed by atoms with Crippen LogP contribution in [0.1, 0.15) is 25.0 Å². The van der Waals surface area contributed by atoms with E-state index in [4.69, 9.17) is 4.74 Å². The Morgan fingerprint density at radius 1 is 1.10 bits per heavy atom. The Kier molecular flexibility index (Phi) is 5.39. The molecular formula is C24H29N2O4P. The second-order valence-corrected chi connectivity index (χ2v) is 10.4. The van der Waals surface area contributed by atoms with Gasteiger partial charge in [0.25, 0.3) is 0 Å². The molecule has 0 amide bonds. The van der Waals surface area contributed by atoms with Gasteiger partial charge in [0.1, 0.15) is 0 Å². The summed E-state index contributed by atoms with van der Waals surface area (Å²) in [5.41, 5.74) is 2.94. The minimum atomic E-state index is -4.32. The Morgan fingerprint density at radius 2 is 1.81 bits per heavy atom. The lowest BCUT2D eigenvalue weighted by atomic mass is 9.77. The van der Waals surface area contributed by atoms with Crippen molar-refractivity contribution in [1.29, 1.82) is 0 Å². The van der Waals surface area contributed by atoms with Gasteiger partial charge in [0.2, 0.25) is 0 Å². The van der Waals surface area contributed by atoms with Crippen LogP contribution < -0.4 is 15.1 Å². The average molecular weight is 440 g/mol. The van der Waals surface area contributed by atoms with Crippen LogP contribution in [0.15, 0.2) is 60.7 Å². The first-order valence-electron chi connectivity index (χ1n) is 10.3. The Bertz CT molecular complexity index is 1090. The molecule has 0 radical (unpaired) electrons. The molecule has 2 N–H and O–H groups in total. The van der Waals surface area contributed by atoms with Gasteiger partial charge in [0.05, 0.1) is 11.9 Å². The highest BCUT2D eigenvalue weighted by Crippen LogP contribution is 2.55. The van der Waals surface area contributed by atoms with E-state index in [0.717, 1.165) is 29.0 Å². The molecule has 0 aromatic heterocycles. The first kappa shape index (κ1) is 21.8. The maximum absolute atomic E-state index is 11.8. The van der Waals surface area contributed by atoms with Crippen LogP contribution in [0.3, 0.4) is 0 Å². The fourth-order valence-electron chi connectivity index (χ4n) is 4.57. The average Bonchev–Trinajstić information content (AvgIpc) is 3.22.